The first-order valence-electron chi connectivity index (χ1n) is 4.26. The van der Waals surface area contributed by atoms with Crippen molar-refractivity contribution in [3.05, 3.63) is 40.8 Å². The summed E-state index contributed by atoms with van der Waals surface area (Å²) in [5.41, 5.74) is -0.599. The van der Waals surface area contributed by atoms with Gasteiger partial charge >= 0.3 is 5.97 Å². The van der Waals surface area contributed by atoms with Crippen molar-refractivity contribution in [2.24, 2.45) is 0 Å². The Kier molecular flexibility index (Phi) is 2.42. The lowest BCUT2D eigenvalue weighted by Crippen LogP contribution is -2.18. The van der Waals surface area contributed by atoms with E-state index >= 15 is 0 Å². The summed E-state index contributed by atoms with van der Waals surface area (Å²) in [6.45, 7) is 0. The third-order valence-electron chi connectivity index (χ3n) is 1.86. The van der Waals surface area contributed by atoms with E-state index in [2.05, 4.69) is 19.9 Å². The number of carbonyl (C=O) groups is 1. The normalized spacial score (nSPS) is 10.0. The molecule has 0 aliphatic carbocycles. The average Bonchev–Trinajstić information content (AvgIpc) is 2.29. The number of hydrogen-bond acceptors (Lipinski definition) is 5. The molecular formula is C9H6N4O3. The Hall–Kier alpha value is -2.57. The SMILES string of the molecule is O=C(O)c1cnc(-c2cncnc2)[nH]c1=O. The van der Waals surface area contributed by atoms with E-state index in [1.165, 1.54) is 18.7 Å². The Morgan fingerprint density at radius 3 is 2.50 bits per heavy atom. The molecular weight excluding hydrogens is 212 g/mol. The number of aromatic nitrogens is 4. The molecule has 0 saturated carbocycles. The molecule has 7 nitrogen and oxygen atoms in total. The van der Waals surface area contributed by atoms with Crippen LogP contribution in [0, 0.1) is 0 Å². The van der Waals surface area contributed by atoms with Gasteiger partial charge in [-0.25, -0.2) is 19.7 Å². The highest BCUT2D eigenvalue weighted by Crippen LogP contribution is 2.08. The van der Waals surface area contributed by atoms with Gasteiger partial charge in [0.15, 0.2) is 0 Å². The van der Waals surface area contributed by atoms with Gasteiger partial charge in [0.2, 0.25) is 0 Å². The van der Waals surface area contributed by atoms with Gasteiger partial charge in [-0.3, -0.25) is 4.79 Å². The van der Waals surface area contributed by atoms with Crippen LogP contribution >= 0.6 is 0 Å². The summed E-state index contributed by atoms with van der Waals surface area (Å²) < 4.78 is 0. The second-order valence-corrected chi connectivity index (χ2v) is 2.91. The number of nitrogens with zero attached hydrogens (tertiary/aromatic N) is 3. The standard InChI is InChI=1S/C9H6N4O3/c14-8-6(9(15)16)3-12-7(13-8)5-1-10-4-11-2-5/h1-4H,(H,15,16)(H,12,13,14). The molecule has 2 rings (SSSR count). The van der Waals surface area contributed by atoms with E-state index < -0.39 is 17.1 Å². The molecule has 80 valence electrons. The lowest BCUT2D eigenvalue weighted by molar-refractivity contribution is 0.0694. The van der Waals surface area contributed by atoms with Crippen molar-refractivity contribution in [2.45, 2.75) is 0 Å². The van der Waals surface area contributed by atoms with E-state index in [0.29, 0.717) is 5.56 Å². The fourth-order valence-corrected chi connectivity index (χ4v) is 1.12. The summed E-state index contributed by atoms with van der Waals surface area (Å²) in [6.07, 6.45) is 5.27. The molecule has 0 atom stereocenters. The van der Waals surface area contributed by atoms with Gasteiger partial charge < -0.3 is 10.1 Å². The number of rotatable bonds is 2. The zero-order chi connectivity index (χ0) is 11.5. The van der Waals surface area contributed by atoms with Gasteiger partial charge in [-0.15, -0.1) is 0 Å². The highest BCUT2D eigenvalue weighted by Gasteiger charge is 2.10. The van der Waals surface area contributed by atoms with Crippen LogP contribution in [0.1, 0.15) is 10.4 Å². The predicted octanol–water partition coefficient (Wildman–Crippen LogP) is -0.0749. The smallest absolute Gasteiger partial charge is 0.342 e. The average molecular weight is 218 g/mol. The van der Waals surface area contributed by atoms with E-state index in [1.54, 1.807) is 0 Å². The van der Waals surface area contributed by atoms with Crippen LogP contribution in [0.2, 0.25) is 0 Å². The van der Waals surface area contributed by atoms with Gasteiger partial charge in [-0.2, -0.15) is 0 Å². The van der Waals surface area contributed by atoms with Crippen LogP contribution in [0.4, 0.5) is 0 Å². The number of aromatic amines is 1. The van der Waals surface area contributed by atoms with Crippen LogP contribution < -0.4 is 5.56 Å². The predicted molar refractivity (Wildman–Crippen MR) is 52.8 cm³/mol. The highest BCUT2D eigenvalue weighted by atomic mass is 16.4. The molecule has 16 heavy (non-hydrogen) atoms. The maximum absolute atomic E-state index is 11.3. The van der Waals surface area contributed by atoms with E-state index in [9.17, 15) is 9.59 Å². The summed E-state index contributed by atoms with van der Waals surface area (Å²) in [4.78, 5) is 35.6. The Morgan fingerprint density at radius 2 is 1.94 bits per heavy atom. The molecule has 0 aromatic carbocycles. The third-order valence-corrected chi connectivity index (χ3v) is 1.86. The minimum absolute atomic E-state index is 0.232. The lowest BCUT2D eigenvalue weighted by atomic mass is 10.3. The minimum atomic E-state index is -1.32. The highest BCUT2D eigenvalue weighted by molar-refractivity contribution is 5.86. The third kappa shape index (κ3) is 1.78. The van der Waals surface area contributed by atoms with Gasteiger partial charge in [0.25, 0.3) is 5.56 Å². The summed E-state index contributed by atoms with van der Waals surface area (Å²) in [7, 11) is 0. The Balaban J connectivity index is 2.51. The van der Waals surface area contributed by atoms with E-state index in [-0.39, 0.29) is 5.82 Å². The van der Waals surface area contributed by atoms with Gasteiger partial charge in [-0.05, 0) is 0 Å². The molecule has 0 bridgehead atoms. The number of carboxylic acids is 1. The summed E-state index contributed by atoms with van der Waals surface area (Å²) in [5.74, 6) is -1.08. The van der Waals surface area contributed by atoms with Gasteiger partial charge in [0, 0.05) is 18.6 Å². The second-order valence-electron chi connectivity index (χ2n) is 2.91. The summed E-state index contributed by atoms with van der Waals surface area (Å²) in [6, 6.07) is 0. The van der Waals surface area contributed by atoms with Crippen LogP contribution in [-0.4, -0.2) is 31.0 Å². The zero-order valence-electron chi connectivity index (χ0n) is 7.91. The number of H-pyrrole nitrogens is 1. The molecule has 2 N–H and O–H groups in total. The Labute approximate surface area is 88.8 Å². The van der Waals surface area contributed by atoms with Crippen molar-refractivity contribution in [3.8, 4) is 11.4 Å². The first kappa shape index (κ1) is 9.97. The quantitative estimate of drug-likeness (QED) is 0.729. The van der Waals surface area contributed by atoms with E-state index in [4.69, 9.17) is 5.11 Å². The monoisotopic (exact) mass is 218 g/mol. The van der Waals surface area contributed by atoms with Crippen LogP contribution in [0.5, 0.6) is 0 Å². The van der Waals surface area contributed by atoms with E-state index in [1.807, 2.05) is 0 Å². The van der Waals surface area contributed by atoms with Gasteiger partial charge in [0.05, 0.1) is 5.56 Å². The number of carboxylic acid groups (broad SMARTS) is 1. The molecule has 7 heteroatoms. The van der Waals surface area contributed by atoms with Crippen molar-refractivity contribution in [2.75, 3.05) is 0 Å². The summed E-state index contributed by atoms with van der Waals surface area (Å²) in [5, 5.41) is 8.64. The molecule has 0 amide bonds. The van der Waals surface area contributed by atoms with Crippen molar-refractivity contribution in [1.29, 1.82) is 0 Å². The fourth-order valence-electron chi connectivity index (χ4n) is 1.12. The molecule has 0 saturated heterocycles. The van der Waals surface area contributed by atoms with Crippen molar-refractivity contribution in [3.63, 3.8) is 0 Å². The fraction of sp³-hybridized carbons (Fsp3) is 0. The maximum atomic E-state index is 11.3. The van der Waals surface area contributed by atoms with Gasteiger partial charge in [0.1, 0.15) is 17.7 Å². The molecule has 0 radical (unpaired) electrons. The topological polar surface area (TPSA) is 109 Å². The first-order valence-corrected chi connectivity index (χ1v) is 4.26. The number of nitrogens with one attached hydrogen (secondary N) is 1. The van der Waals surface area contributed by atoms with E-state index in [0.717, 1.165) is 6.20 Å². The minimum Gasteiger partial charge on any atom is -0.477 e. The zero-order valence-corrected chi connectivity index (χ0v) is 7.91. The van der Waals surface area contributed by atoms with Crippen molar-refractivity contribution >= 4 is 5.97 Å². The number of hydrogen-bond donors (Lipinski definition) is 2. The number of aromatic carboxylic acids is 1. The molecule has 0 aliphatic rings. The molecule has 2 aromatic heterocycles. The summed E-state index contributed by atoms with van der Waals surface area (Å²) >= 11 is 0. The molecule has 0 spiro atoms. The van der Waals surface area contributed by atoms with Crippen LogP contribution in [0.15, 0.2) is 29.7 Å². The Morgan fingerprint density at radius 1 is 1.25 bits per heavy atom. The van der Waals surface area contributed by atoms with Crippen LogP contribution in [-0.2, 0) is 0 Å². The molecule has 0 aliphatic heterocycles. The van der Waals surface area contributed by atoms with Crippen molar-refractivity contribution in [1.82, 2.24) is 19.9 Å². The van der Waals surface area contributed by atoms with Crippen LogP contribution in [0.3, 0.4) is 0 Å². The molecule has 0 unspecified atom stereocenters. The lowest BCUT2D eigenvalue weighted by Gasteiger charge is -1.99. The largest absolute Gasteiger partial charge is 0.477 e. The molecule has 2 heterocycles. The van der Waals surface area contributed by atoms with Crippen LogP contribution in [0.25, 0.3) is 11.4 Å². The maximum Gasteiger partial charge on any atom is 0.342 e. The first-order chi connectivity index (χ1) is 7.68. The van der Waals surface area contributed by atoms with Gasteiger partial charge in [-0.1, -0.05) is 0 Å². The molecule has 0 fully saturated rings. The molecule has 2 aromatic rings. The van der Waals surface area contributed by atoms with Crippen molar-refractivity contribution < 1.29 is 9.90 Å². The second kappa shape index (κ2) is 3.89. The Bertz CT molecular complexity index is 579.